The van der Waals surface area contributed by atoms with E-state index in [0.717, 1.165) is 6.21 Å². The predicted molar refractivity (Wildman–Crippen MR) is 136 cm³/mol. The highest BCUT2D eigenvalue weighted by molar-refractivity contribution is 6.05. The summed E-state index contributed by atoms with van der Waals surface area (Å²) in [7, 11) is 2.96. The largest absolute Gasteiger partial charge is 0.497 e. The fraction of sp³-hybridized carbons (Fsp3) is 0.115. The van der Waals surface area contributed by atoms with E-state index >= 15 is 0 Å². The molecule has 12 heteroatoms. The normalized spacial score (nSPS) is 12.2. The average molecular weight is 518 g/mol. The highest BCUT2D eigenvalue weighted by Crippen LogP contribution is 2.37. The van der Waals surface area contributed by atoms with Gasteiger partial charge in [0, 0.05) is 17.2 Å². The molecule has 0 saturated heterocycles. The summed E-state index contributed by atoms with van der Waals surface area (Å²) in [4.78, 5) is 36.8. The van der Waals surface area contributed by atoms with E-state index in [9.17, 15) is 19.7 Å². The summed E-state index contributed by atoms with van der Waals surface area (Å²) >= 11 is 0. The molecule has 1 heterocycles. The molecule has 0 bridgehead atoms. The molecule has 3 aromatic rings. The molecule has 0 spiro atoms. The Morgan fingerprint density at radius 2 is 1.74 bits per heavy atom. The maximum Gasteiger partial charge on any atom is 0.287 e. The minimum absolute atomic E-state index is 0.0616. The Kier molecular flexibility index (Phi) is 7.82. The van der Waals surface area contributed by atoms with Crippen molar-refractivity contribution in [3.63, 3.8) is 0 Å². The van der Waals surface area contributed by atoms with Gasteiger partial charge in [0.2, 0.25) is 6.79 Å². The summed E-state index contributed by atoms with van der Waals surface area (Å²) in [6.07, 6.45) is 2.51. The van der Waals surface area contributed by atoms with Crippen molar-refractivity contribution in [2.45, 2.75) is 0 Å². The van der Waals surface area contributed by atoms with Gasteiger partial charge in [0.15, 0.2) is 11.5 Å². The number of nitrogens with one attached hydrogen (secondary N) is 2. The van der Waals surface area contributed by atoms with Gasteiger partial charge in [-0.15, -0.1) is 0 Å². The third-order valence-electron chi connectivity index (χ3n) is 5.36. The zero-order chi connectivity index (χ0) is 27.1. The van der Waals surface area contributed by atoms with Crippen LogP contribution < -0.4 is 29.7 Å². The average Bonchev–Trinajstić information content (AvgIpc) is 3.40. The first-order valence-electron chi connectivity index (χ1n) is 11.1. The summed E-state index contributed by atoms with van der Waals surface area (Å²) in [5, 5.41) is 17.9. The second-order valence-electron chi connectivity index (χ2n) is 7.71. The molecule has 2 amide bonds. The quantitative estimate of drug-likeness (QED) is 0.190. The van der Waals surface area contributed by atoms with Crippen LogP contribution in [0.3, 0.4) is 0 Å². The molecule has 2 N–H and O–H groups in total. The molecule has 0 aromatic heterocycles. The van der Waals surface area contributed by atoms with Crippen LogP contribution in [0.4, 0.5) is 5.69 Å². The van der Waals surface area contributed by atoms with Crippen LogP contribution in [0.15, 0.2) is 71.5 Å². The van der Waals surface area contributed by atoms with Crippen LogP contribution in [-0.2, 0) is 4.79 Å². The summed E-state index contributed by atoms with van der Waals surface area (Å²) in [5.74, 6) is 0.156. The van der Waals surface area contributed by atoms with Crippen LogP contribution in [0.25, 0.3) is 6.08 Å². The van der Waals surface area contributed by atoms with E-state index in [0.29, 0.717) is 28.4 Å². The number of amides is 2. The van der Waals surface area contributed by atoms with Crippen molar-refractivity contribution < 1.29 is 33.5 Å². The van der Waals surface area contributed by atoms with Gasteiger partial charge in [-0.2, -0.15) is 5.10 Å². The van der Waals surface area contributed by atoms with Gasteiger partial charge in [-0.1, -0.05) is 18.2 Å². The van der Waals surface area contributed by atoms with Crippen LogP contribution in [-0.4, -0.2) is 44.0 Å². The van der Waals surface area contributed by atoms with Gasteiger partial charge in [-0.25, -0.2) is 5.43 Å². The van der Waals surface area contributed by atoms with Crippen molar-refractivity contribution >= 4 is 29.8 Å². The third kappa shape index (κ3) is 5.87. The number of nitro groups is 1. The van der Waals surface area contributed by atoms with E-state index < -0.39 is 16.7 Å². The van der Waals surface area contributed by atoms with Crippen LogP contribution in [0, 0.1) is 10.1 Å². The molecule has 0 fully saturated rings. The van der Waals surface area contributed by atoms with Crippen LogP contribution >= 0.6 is 0 Å². The summed E-state index contributed by atoms with van der Waals surface area (Å²) in [5.41, 5.74) is 2.73. The van der Waals surface area contributed by atoms with Crippen LogP contribution in [0.2, 0.25) is 0 Å². The van der Waals surface area contributed by atoms with Gasteiger partial charge < -0.3 is 24.3 Å². The van der Waals surface area contributed by atoms with Crippen molar-refractivity contribution in [1.29, 1.82) is 0 Å². The standard InChI is InChI=1S/C26H22N4O8/c1-35-19-9-8-17(22(12-19)36-2)10-20(28-25(31)16-6-4-3-5-7-16)26(32)29-27-14-18-11-23-24(38-15-37-23)13-21(18)30(33)34/h3-14H,15H2,1-2H3,(H,28,31)(H,29,32)/b20-10-,27-14?. The molecule has 0 radical (unpaired) electrons. The van der Waals surface area contributed by atoms with E-state index in [1.807, 2.05) is 0 Å². The summed E-state index contributed by atoms with van der Waals surface area (Å²) in [6.45, 7) is -0.0616. The number of carbonyl (C=O) groups is 2. The Labute approximate surface area is 216 Å². The lowest BCUT2D eigenvalue weighted by Crippen LogP contribution is -2.32. The van der Waals surface area contributed by atoms with E-state index in [4.69, 9.17) is 18.9 Å². The first-order valence-corrected chi connectivity index (χ1v) is 11.1. The Hall–Kier alpha value is -5.39. The lowest BCUT2D eigenvalue weighted by atomic mass is 10.1. The first kappa shape index (κ1) is 25.7. The van der Waals surface area contributed by atoms with Gasteiger partial charge in [-0.3, -0.25) is 19.7 Å². The lowest BCUT2D eigenvalue weighted by Gasteiger charge is -2.11. The maximum atomic E-state index is 13.1. The van der Waals surface area contributed by atoms with Crippen molar-refractivity contribution in [2.24, 2.45) is 5.10 Å². The number of fused-ring (bicyclic) bond motifs is 1. The van der Waals surface area contributed by atoms with Crippen LogP contribution in [0.5, 0.6) is 23.0 Å². The SMILES string of the molecule is COc1ccc(/C=C(\NC(=O)c2ccccc2)C(=O)NN=Cc2cc3c(cc2[N+](=O)[O-])OCO3)c(OC)c1. The van der Waals surface area contributed by atoms with Crippen LogP contribution in [0.1, 0.15) is 21.5 Å². The Morgan fingerprint density at radius 1 is 1.00 bits per heavy atom. The zero-order valence-corrected chi connectivity index (χ0v) is 20.3. The van der Waals surface area contributed by atoms with Crippen molar-refractivity contribution in [2.75, 3.05) is 21.0 Å². The van der Waals surface area contributed by atoms with E-state index in [1.54, 1.807) is 48.5 Å². The molecule has 0 unspecified atom stereocenters. The molecular formula is C26H22N4O8. The third-order valence-corrected chi connectivity index (χ3v) is 5.36. The minimum atomic E-state index is -0.785. The number of hydrogen-bond acceptors (Lipinski definition) is 9. The predicted octanol–water partition coefficient (Wildman–Crippen LogP) is 3.26. The number of benzene rings is 3. The number of carbonyl (C=O) groups excluding carboxylic acids is 2. The lowest BCUT2D eigenvalue weighted by molar-refractivity contribution is -0.385. The van der Waals surface area contributed by atoms with Gasteiger partial charge in [0.05, 0.1) is 37.0 Å². The number of hydrogen-bond donors (Lipinski definition) is 2. The Balaban J connectivity index is 1.62. The molecule has 0 atom stereocenters. The number of ether oxygens (including phenoxy) is 4. The van der Waals surface area contributed by atoms with E-state index in [2.05, 4.69) is 15.8 Å². The molecular weight excluding hydrogens is 496 g/mol. The highest BCUT2D eigenvalue weighted by atomic mass is 16.7. The van der Waals surface area contributed by atoms with Crippen molar-refractivity contribution in [3.8, 4) is 23.0 Å². The monoisotopic (exact) mass is 518 g/mol. The highest BCUT2D eigenvalue weighted by Gasteiger charge is 2.23. The number of nitro benzene ring substituents is 1. The van der Waals surface area contributed by atoms with Gasteiger partial charge in [-0.05, 0) is 36.4 Å². The smallest absolute Gasteiger partial charge is 0.287 e. The van der Waals surface area contributed by atoms with Crippen molar-refractivity contribution in [3.05, 3.63) is 93.2 Å². The molecule has 12 nitrogen and oxygen atoms in total. The Bertz CT molecular complexity index is 1440. The molecule has 0 saturated carbocycles. The molecule has 1 aliphatic heterocycles. The fourth-order valence-electron chi connectivity index (χ4n) is 3.46. The molecule has 38 heavy (non-hydrogen) atoms. The minimum Gasteiger partial charge on any atom is -0.497 e. The molecule has 1 aliphatic rings. The van der Waals surface area contributed by atoms with Gasteiger partial charge in [0.1, 0.15) is 17.2 Å². The second-order valence-corrected chi connectivity index (χ2v) is 7.71. The number of methoxy groups -OCH3 is 2. The molecule has 194 valence electrons. The maximum absolute atomic E-state index is 13.1. The number of nitrogens with zero attached hydrogens (tertiary/aromatic N) is 2. The first-order chi connectivity index (χ1) is 18.4. The van der Waals surface area contributed by atoms with Gasteiger partial charge in [0.25, 0.3) is 17.5 Å². The van der Waals surface area contributed by atoms with Crippen molar-refractivity contribution in [1.82, 2.24) is 10.7 Å². The molecule has 0 aliphatic carbocycles. The second kappa shape index (κ2) is 11.6. The fourth-order valence-corrected chi connectivity index (χ4v) is 3.46. The Morgan fingerprint density at radius 3 is 2.42 bits per heavy atom. The van der Waals surface area contributed by atoms with Gasteiger partial charge >= 0.3 is 0 Å². The molecule has 3 aromatic carbocycles. The van der Waals surface area contributed by atoms with E-state index in [-0.39, 0.29) is 29.5 Å². The zero-order valence-electron chi connectivity index (χ0n) is 20.3. The van der Waals surface area contributed by atoms with E-state index in [1.165, 1.54) is 32.4 Å². The number of rotatable bonds is 9. The topological polar surface area (TPSA) is 151 Å². The number of hydrazone groups is 1. The summed E-state index contributed by atoms with van der Waals surface area (Å²) < 4.78 is 21.0. The summed E-state index contributed by atoms with van der Waals surface area (Å²) in [6, 6.07) is 15.9. The molecule has 4 rings (SSSR count).